The van der Waals surface area contributed by atoms with Crippen LogP contribution in [0.4, 0.5) is 0 Å². The summed E-state index contributed by atoms with van der Waals surface area (Å²) in [7, 11) is -1.97. The van der Waals surface area contributed by atoms with Gasteiger partial charge in [-0.3, -0.25) is 9.59 Å². The number of ether oxygens (including phenoxy) is 1. The summed E-state index contributed by atoms with van der Waals surface area (Å²) in [6.07, 6.45) is 0.887. The average molecular weight is 614 g/mol. The number of amides is 2. The molecule has 4 rings (SSSR count). The van der Waals surface area contributed by atoms with Gasteiger partial charge in [0.2, 0.25) is 21.8 Å². The van der Waals surface area contributed by atoms with E-state index in [2.05, 4.69) is 10.0 Å². The minimum Gasteiger partial charge on any atom is -0.496 e. The highest BCUT2D eigenvalue weighted by molar-refractivity contribution is 7.89. The molecule has 0 aliphatic carbocycles. The van der Waals surface area contributed by atoms with E-state index in [-0.39, 0.29) is 36.2 Å². The third kappa shape index (κ3) is 9.02. The minimum absolute atomic E-state index is 0.150. The lowest BCUT2D eigenvalue weighted by atomic mass is 10.0. The summed E-state index contributed by atoms with van der Waals surface area (Å²) in [5, 5.41) is 3.04. The van der Waals surface area contributed by atoms with E-state index in [4.69, 9.17) is 4.74 Å². The summed E-state index contributed by atoms with van der Waals surface area (Å²) in [6, 6.07) is 32.5. The number of carbonyl (C=O) groups is 2. The Kier molecular flexibility index (Phi) is 11.7. The molecule has 2 N–H and O–H groups in total. The van der Waals surface area contributed by atoms with Crippen LogP contribution >= 0.6 is 0 Å². The van der Waals surface area contributed by atoms with Gasteiger partial charge in [-0.25, -0.2) is 13.1 Å². The summed E-state index contributed by atoms with van der Waals surface area (Å²) in [5.74, 6) is 0.238. The van der Waals surface area contributed by atoms with E-state index in [0.29, 0.717) is 25.1 Å². The number of carbonyl (C=O) groups excluding carboxylic acids is 2. The highest BCUT2D eigenvalue weighted by atomic mass is 32.2. The molecule has 0 aromatic heterocycles. The predicted molar refractivity (Wildman–Crippen MR) is 171 cm³/mol. The Bertz CT molecular complexity index is 1610. The van der Waals surface area contributed by atoms with Crippen LogP contribution in [0.5, 0.6) is 5.75 Å². The zero-order valence-electron chi connectivity index (χ0n) is 25.1. The van der Waals surface area contributed by atoms with Gasteiger partial charge in [0.1, 0.15) is 11.8 Å². The molecule has 0 saturated heterocycles. The van der Waals surface area contributed by atoms with Crippen LogP contribution in [-0.4, -0.2) is 44.8 Å². The first-order chi connectivity index (χ1) is 21.3. The summed E-state index contributed by atoms with van der Waals surface area (Å²) in [5.41, 5.74) is 3.51. The molecular formula is C35H39N3O5S. The van der Waals surface area contributed by atoms with Gasteiger partial charge in [0.05, 0.1) is 12.0 Å². The number of nitrogens with one attached hydrogen (secondary N) is 2. The van der Waals surface area contributed by atoms with Gasteiger partial charge < -0.3 is 15.0 Å². The van der Waals surface area contributed by atoms with Crippen molar-refractivity contribution in [3.05, 3.63) is 131 Å². The van der Waals surface area contributed by atoms with Gasteiger partial charge in [-0.05, 0) is 41.3 Å². The molecule has 4 aromatic carbocycles. The van der Waals surface area contributed by atoms with Gasteiger partial charge in [-0.2, -0.15) is 0 Å². The fourth-order valence-electron chi connectivity index (χ4n) is 4.99. The Labute approximate surface area is 260 Å². The van der Waals surface area contributed by atoms with Crippen LogP contribution in [0.2, 0.25) is 0 Å². The van der Waals surface area contributed by atoms with E-state index in [0.717, 1.165) is 22.3 Å². The lowest BCUT2D eigenvalue weighted by Gasteiger charge is -2.32. The Morgan fingerprint density at radius 2 is 1.41 bits per heavy atom. The second-order valence-corrected chi connectivity index (χ2v) is 12.2. The lowest BCUT2D eigenvalue weighted by Crippen LogP contribution is -2.50. The van der Waals surface area contributed by atoms with E-state index in [9.17, 15) is 18.0 Å². The number of para-hydroxylation sites is 1. The first-order valence-corrected chi connectivity index (χ1v) is 16.1. The van der Waals surface area contributed by atoms with Crippen molar-refractivity contribution in [2.45, 2.75) is 50.2 Å². The second kappa shape index (κ2) is 15.8. The highest BCUT2D eigenvalue weighted by Gasteiger charge is 2.30. The normalized spacial score (nSPS) is 11.9. The molecule has 0 aliphatic rings. The van der Waals surface area contributed by atoms with Gasteiger partial charge >= 0.3 is 0 Å². The van der Waals surface area contributed by atoms with E-state index in [1.165, 1.54) is 0 Å². The summed E-state index contributed by atoms with van der Waals surface area (Å²) in [6.45, 7) is 2.54. The zero-order valence-corrected chi connectivity index (χ0v) is 25.9. The summed E-state index contributed by atoms with van der Waals surface area (Å²) in [4.78, 5) is 29.7. The van der Waals surface area contributed by atoms with Crippen molar-refractivity contribution in [3.63, 3.8) is 0 Å². The monoisotopic (exact) mass is 613 g/mol. The van der Waals surface area contributed by atoms with E-state index < -0.39 is 16.1 Å². The molecule has 230 valence electrons. The third-order valence-corrected chi connectivity index (χ3v) is 8.87. The van der Waals surface area contributed by atoms with Crippen LogP contribution in [0.1, 0.15) is 35.6 Å². The van der Waals surface area contributed by atoms with Gasteiger partial charge in [-0.1, -0.05) is 97.9 Å². The molecular weight excluding hydrogens is 574 g/mol. The molecule has 2 amide bonds. The molecule has 0 bridgehead atoms. The molecule has 0 fully saturated rings. The van der Waals surface area contributed by atoms with Gasteiger partial charge in [-0.15, -0.1) is 0 Å². The van der Waals surface area contributed by atoms with Crippen LogP contribution in [0.25, 0.3) is 0 Å². The Morgan fingerprint density at radius 3 is 2.05 bits per heavy atom. The largest absolute Gasteiger partial charge is 0.496 e. The van der Waals surface area contributed by atoms with Crippen LogP contribution in [-0.2, 0) is 45.5 Å². The maximum Gasteiger partial charge on any atom is 0.243 e. The van der Waals surface area contributed by atoms with Gasteiger partial charge in [0.25, 0.3) is 0 Å². The molecule has 1 unspecified atom stereocenters. The molecule has 4 aromatic rings. The number of hydrogen-bond donors (Lipinski definition) is 2. The van der Waals surface area contributed by atoms with Gasteiger partial charge in [0.15, 0.2) is 0 Å². The lowest BCUT2D eigenvalue weighted by molar-refractivity contribution is -0.141. The summed E-state index contributed by atoms with van der Waals surface area (Å²) >= 11 is 0. The number of rotatable bonds is 15. The van der Waals surface area contributed by atoms with Gasteiger partial charge in [0, 0.05) is 38.0 Å². The number of methoxy groups -OCH3 is 1. The fraction of sp³-hybridized carbons (Fsp3) is 0.257. The number of benzene rings is 4. The predicted octanol–water partition coefficient (Wildman–Crippen LogP) is 4.88. The maximum atomic E-state index is 14.0. The van der Waals surface area contributed by atoms with Crippen molar-refractivity contribution in [2.24, 2.45) is 0 Å². The molecule has 0 saturated carbocycles. The fourth-order valence-corrected chi connectivity index (χ4v) is 6.03. The molecule has 0 radical (unpaired) electrons. The Hall–Kier alpha value is -4.47. The molecule has 44 heavy (non-hydrogen) atoms. The topological polar surface area (TPSA) is 105 Å². The first-order valence-electron chi connectivity index (χ1n) is 14.7. The van der Waals surface area contributed by atoms with Crippen molar-refractivity contribution in [1.82, 2.24) is 14.9 Å². The SMILES string of the molecule is CCNS(=O)(=O)c1ccc(CCC(=O)N(Cc2ccccc2)C(Cc2ccccc2)C(=O)NCc2ccccc2OC)cc1. The van der Waals surface area contributed by atoms with E-state index in [1.807, 2.05) is 84.9 Å². The Morgan fingerprint density at radius 1 is 0.795 bits per heavy atom. The third-order valence-electron chi connectivity index (χ3n) is 7.31. The van der Waals surface area contributed by atoms with Crippen molar-refractivity contribution < 1.29 is 22.7 Å². The van der Waals surface area contributed by atoms with E-state index >= 15 is 0 Å². The molecule has 1 atom stereocenters. The second-order valence-electron chi connectivity index (χ2n) is 10.4. The zero-order chi connectivity index (χ0) is 31.4. The van der Waals surface area contributed by atoms with Crippen LogP contribution < -0.4 is 14.8 Å². The smallest absolute Gasteiger partial charge is 0.243 e. The van der Waals surface area contributed by atoms with E-state index in [1.54, 1.807) is 43.2 Å². The average Bonchev–Trinajstić information content (AvgIpc) is 3.05. The quantitative estimate of drug-likeness (QED) is 0.199. The molecule has 0 aliphatic heterocycles. The van der Waals surface area contributed by atoms with Crippen molar-refractivity contribution in [1.29, 1.82) is 0 Å². The standard InChI is InChI=1S/C35H39N3O5S/c1-3-37-44(41,42)31-21-18-27(19-22-31)20-23-34(39)38(26-29-14-8-5-9-15-29)32(24-28-12-6-4-7-13-28)35(40)36-25-30-16-10-11-17-33(30)43-2/h4-19,21-22,32,37H,3,20,23-26H2,1-2H3,(H,36,40). The van der Waals surface area contributed by atoms with Crippen LogP contribution in [0.3, 0.4) is 0 Å². The number of hydrogen-bond acceptors (Lipinski definition) is 5. The number of sulfonamides is 1. The highest BCUT2D eigenvalue weighted by Crippen LogP contribution is 2.20. The molecule has 0 heterocycles. The van der Waals surface area contributed by atoms with Crippen molar-refractivity contribution in [3.8, 4) is 5.75 Å². The number of aryl methyl sites for hydroxylation is 1. The maximum absolute atomic E-state index is 14.0. The van der Waals surface area contributed by atoms with Crippen LogP contribution in [0, 0.1) is 0 Å². The van der Waals surface area contributed by atoms with Crippen molar-refractivity contribution in [2.75, 3.05) is 13.7 Å². The number of nitrogens with zero attached hydrogens (tertiary/aromatic N) is 1. The minimum atomic E-state index is -3.56. The Balaban J connectivity index is 1.58. The first kappa shape index (κ1) is 32.4. The molecule has 8 nitrogen and oxygen atoms in total. The molecule has 0 spiro atoms. The molecule has 9 heteroatoms. The summed E-state index contributed by atoms with van der Waals surface area (Å²) < 4.78 is 32.6. The van der Waals surface area contributed by atoms with Crippen molar-refractivity contribution >= 4 is 21.8 Å². The van der Waals surface area contributed by atoms with Crippen LogP contribution in [0.15, 0.2) is 114 Å².